The Labute approximate surface area is 152 Å². The quantitative estimate of drug-likeness (QED) is 0.712. The van der Waals surface area contributed by atoms with Crippen molar-refractivity contribution in [1.82, 2.24) is 19.7 Å². The Morgan fingerprint density at radius 2 is 2.04 bits per heavy atom. The zero-order chi connectivity index (χ0) is 17.9. The fourth-order valence-electron chi connectivity index (χ4n) is 3.51. The van der Waals surface area contributed by atoms with E-state index in [4.69, 9.17) is 0 Å². The third-order valence-corrected chi connectivity index (χ3v) is 4.81. The summed E-state index contributed by atoms with van der Waals surface area (Å²) >= 11 is 0. The molecule has 0 aliphatic carbocycles. The summed E-state index contributed by atoms with van der Waals surface area (Å²) in [6.45, 7) is 3.58. The minimum absolute atomic E-state index is 0.142. The van der Waals surface area contributed by atoms with Gasteiger partial charge in [-0.25, -0.2) is 0 Å². The summed E-state index contributed by atoms with van der Waals surface area (Å²) < 4.78 is 2.06. The Morgan fingerprint density at radius 3 is 2.85 bits per heavy atom. The van der Waals surface area contributed by atoms with Crippen LogP contribution in [-0.2, 0) is 24.2 Å². The lowest BCUT2D eigenvalue weighted by atomic mass is 10.2. The highest BCUT2D eigenvalue weighted by Crippen LogP contribution is 2.28. The first-order valence-electron chi connectivity index (χ1n) is 8.98. The van der Waals surface area contributed by atoms with E-state index in [0.717, 1.165) is 42.4 Å². The number of para-hydroxylation sites is 1. The highest BCUT2D eigenvalue weighted by molar-refractivity contribution is 5.95. The first kappa shape index (κ1) is 16.4. The molecule has 0 spiro atoms. The van der Waals surface area contributed by atoms with E-state index in [0.29, 0.717) is 12.8 Å². The van der Waals surface area contributed by atoms with Crippen LogP contribution in [0, 0.1) is 0 Å². The molecule has 0 unspecified atom stereocenters. The highest BCUT2D eigenvalue weighted by atomic mass is 16.2. The first-order valence-corrected chi connectivity index (χ1v) is 8.98. The molecule has 26 heavy (non-hydrogen) atoms. The summed E-state index contributed by atoms with van der Waals surface area (Å²) in [6, 6.07) is 12.0. The summed E-state index contributed by atoms with van der Waals surface area (Å²) in [5, 5.41) is 8.64. The molecule has 4 rings (SSSR count). The van der Waals surface area contributed by atoms with Gasteiger partial charge in [0.1, 0.15) is 5.82 Å². The van der Waals surface area contributed by atoms with Gasteiger partial charge in [0.05, 0.1) is 0 Å². The molecule has 0 radical (unpaired) electrons. The first-order chi connectivity index (χ1) is 12.8. The van der Waals surface area contributed by atoms with Crippen LogP contribution in [0.15, 0.2) is 48.8 Å². The Morgan fingerprint density at radius 1 is 1.15 bits per heavy atom. The summed E-state index contributed by atoms with van der Waals surface area (Å²) in [6.07, 6.45) is 5.46. The smallest absolute Gasteiger partial charge is 0.227 e. The highest BCUT2D eigenvalue weighted by Gasteiger charge is 2.24. The maximum absolute atomic E-state index is 12.7. The third-order valence-electron chi connectivity index (χ3n) is 4.81. The van der Waals surface area contributed by atoms with E-state index in [2.05, 4.69) is 32.7 Å². The molecule has 3 aromatic rings. The van der Waals surface area contributed by atoms with E-state index < -0.39 is 0 Å². The minimum Gasteiger partial charge on any atom is -0.312 e. The van der Waals surface area contributed by atoms with E-state index in [1.807, 2.05) is 35.2 Å². The number of hydrogen-bond acceptors (Lipinski definition) is 4. The van der Waals surface area contributed by atoms with E-state index in [9.17, 15) is 4.79 Å². The van der Waals surface area contributed by atoms with Gasteiger partial charge < -0.3 is 9.47 Å². The van der Waals surface area contributed by atoms with E-state index in [1.54, 1.807) is 12.4 Å². The number of fused-ring (bicyclic) bond motifs is 1. The summed E-state index contributed by atoms with van der Waals surface area (Å²) in [7, 11) is 0. The second-order valence-electron chi connectivity index (χ2n) is 6.35. The molecule has 0 saturated carbocycles. The predicted octanol–water partition coefficient (Wildman–Crippen LogP) is 2.88. The molecule has 2 aromatic heterocycles. The zero-order valence-electron chi connectivity index (χ0n) is 14.8. The molecule has 1 aliphatic heterocycles. The van der Waals surface area contributed by atoms with Crippen molar-refractivity contribution in [3.8, 4) is 11.4 Å². The largest absolute Gasteiger partial charge is 0.312 e. The van der Waals surface area contributed by atoms with Gasteiger partial charge in [-0.3, -0.25) is 9.78 Å². The van der Waals surface area contributed by atoms with Crippen molar-refractivity contribution in [1.29, 1.82) is 0 Å². The molecule has 0 bridgehead atoms. The van der Waals surface area contributed by atoms with E-state index in [-0.39, 0.29) is 5.91 Å². The van der Waals surface area contributed by atoms with Gasteiger partial charge in [-0.1, -0.05) is 18.2 Å². The second-order valence-corrected chi connectivity index (χ2v) is 6.35. The van der Waals surface area contributed by atoms with Crippen molar-refractivity contribution < 1.29 is 4.79 Å². The van der Waals surface area contributed by atoms with Crippen molar-refractivity contribution in [2.24, 2.45) is 0 Å². The average molecular weight is 347 g/mol. The average Bonchev–Trinajstić information content (AvgIpc) is 3.30. The molecule has 1 amide bonds. The van der Waals surface area contributed by atoms with Crippen LogP contribution in [0.3, 0.4) is 0 Å². The molecule has 0 N–H and O–H groups in total. The lowest BCUT2D eigenvalue weighted by molar-refractivity contribution is -0.118. The van der Waals surface area contributed by atoms with Crippen LogP contribution in [0.2, 0.25) is 0 Å². The summed E-state index contributed by atoms with van der Waals surface area (Å²) in [5.74, 6) is 1.78. The normalized spacial score (nSPS) is 13.0. The van der Waals surface area contributed by atoms with Gasteiger partial charge in [0.2, 0.25) is 5.91 Å². The number of carbonyl (C=O) groups is 1. The van der Waals surface area contributed by atoms with Crippen molar-refractivity contribution in [2.45, 2.75) is 32.7 Å². The number of aryl methyl sites for hydroxylation is 1. The van der Waals surface area contributed by atoms with Gasteiger partial charge in [0.15, 0.2) is 5.82 Å². The monoisotopic (exact) mass is 347 g/mol. The molecule has 132 valence electrons. The number of rotatable bonds is 5. The van der Waals surface area contributed by atoms with Gasteiger partial charge in [0, 0.05) is 49.6 Å². The number of nitrogens with zero attached hydrogens (tertiary/aromatic N) is 5. The van der Waals surface area contributed by atoms with Gasteiger partial charge >= 0.3 is 0 Å². The van der Waals surface area contributed by atoms with Crippen LogP contribution < -0.4 is 4.90 Å². The Kier molecular flexibility index (Phi) is 4.48. The Balaban J connectivity index is 1.49. The van der Waals surface area contributed by atoms with Crippen LogP contribution in [0.1, 0.15) is 24.7 Å². The molecular formula is C20H21N5O. The Bertz CT molecular complexity index is 919. The van der Waals surface area contributed by atoms with Gasteiger partial charge in [-0.05, 0) is 37.1 Å². The van der Waals surface area contributed by atoms with Crippen molar-refractivity contribution in [3.05, 3.63) is 60.2 Å². The van der Waals surface area contributed by atoms with Crippen LogP contribution in [-0.4, -0.2) is 32.2 Å². The molecule has 6 nitrogen and oxygen atoms in total. The van der Waals surface area contributed by atoms with Crippen molar-refractivity contribution >= 4 is 11.6 Å². The van der Waals surface area contributed by atoms with Crippen molar-refractivity contribution in [3.63, 3.8) is 0 Å². The number of carbonyl (C=O) groups excluding carboxylic acids is 1. The predicted molar refractivity (Wildman–Crippen MR) is 99.7 cm³/mol. The molecule has 0 atom stereocenters. The number of aromatic nitrogens is 4. The molecule has 6 heteroatoms. The standard InChI is InChI=1S/C20H21N5O/c1-2-24-18(22-23-20(24)16-7-5-12-21-14-16)9-10-19(26)25-13-11-15-6-3-4-8-17(15)25/h3-8,12,14H,2,9-11,13H2,1H3. The molecule has 1 aromatic carbocycles. The lowest BCUT2D eigenvalue weighted by Gasteiger charge is -2.17. The fourth-order valence-corrected chi connectivity index (χ4v) is 3.51. The second kappa shape index (κ2) is 7.07. The number of amides is 1. The number of hydrogen-bond donors (Lipinski definition) is 0. The number of pyridine rings is 1. The van der Waals surface area contributed by atoms with Crippen LogP contribution >= 0.6 is 0 Å². The van der Waals surface area contributed by atoms with Gasteiger partial charge in [0.25, 0.3) is 0 Å². The van der Waals surface area contributed by atoms with Crippen molar-refractivity contribution in [2.75, 3.05) is 11.4 Å². The SMILES string of the molecule is CCn1c(CCC(=O)N2CCc3ccccc32)nnc1-c1cccnc1. The summed E-state index contributed by atoms with van der Waals surface area (Å²) in [4.78, 5) is 18.8. The maximum Gasteiger partial charge on any atom is 0.227 e. The summed E-state index contributed by atoms with van der Waals surface area (Å²) in [5.41, 5.74) is 3.23. The van der Waals surface area contributed by atoms with E-state index >= 15 is 0 Å². The number of benzene rings is 1. The number of anilines is 1. The topological polar surface area (TPSA) is 63.9 Å². The Hall–Kier alpha value is -3.02. The molecule has 1 aliphatic rings. The van der Waals surface area contributed by atoms with Crippen LogP contribution in [0.5, 0.6) is 0 Å². The van der Waals surface area contributed by atoms with Gasteiger partial charge in [-0.2, -0.15) is 0 Å². The molecular weight excluding hydrogens is 326 g/mol. The third kappa shape index (κ3) is 2.98. The molecule has 3 heterocycles. The fraction of sp³-hybridized carbons (Fsp3) is 0.300. The molecule has 0 saturated heterocycles. The van der Waals surface area contributed by atoms with E-state index in [1.165, 1.54) is 5.56 Å². The van der Waals surface area contributed by atoms with Gasteiger partial charge in [-0.15, -0.1) is 10.2 Å². The molecule has 0 fully saturated rings. The lowest BCUT2D eigenvalue weighted by Crippen LogP contribution is -2.29. The van der Waals surface area contributed by atoms with Crippen LogP contribution in [0.25, 0.3) is 11.4 Å². The zero-order valence-corrected chi connectivity index (χ0v) is 14.8. The minimum atomic E-state index is 0.142. The maximum atomic E-state index is 12.7. The van der Waals surface area contributed by atoms with Crippen LogP contribution in [0.4, 0.5) is 5.69 Å².